The van der Waals surface area contributed by atoms with E-state index in [0.29, 0.717) is 5.54 Å². The Hall–Kier alpha value is -0.0800. The molecule has 11 heavy (non-hydrogen) atoms. The maximum atomic E-state index is 3.39. The van der Waals surface area contributed by atoms with Crippen LogP contribution in [0.2, 0.25) is 0 Å². The average Bonchev–Trinajstić information content (AvgIpc) is 2.31. The van der Waals surface area contributed by atoms with Crippen LogP contribution in [0.4, 0.5) is 0 Å². The van der Waals surface area contributed by atoms with Crippen molar-refractivity contribution < 1.29 is 0 Å². The fourth-order valence-corrected chi connectivity index (χ4v) is 2.43. The van der Waals surface area contributed by atoms with E-state index >= 15 is 0 Å². The second-order valence-corrected chi connectivity index (χ2v) is 3.92. The number of likely N-dealkylation sites (tertiary alicyclic amines) is 1. The van der Waals surface area contributed by atoms with Crippen LogP contribution in [-0.4, -0.2) is 36.6 Å². The van der Waals surface area contributed by atoms with Crippen molar-refractivity contribution in [2.45, 2.75) is 31.7 Å². The monoisotopic (exact) mass is 154 g/mol. The topological polar surface area (TPSA) is 15.3 Å². The van der Waals surface area contributed by atoms with E-state index < -0.39 is 0 Å². The first kappa shape index (κ1) is 7.56. The van der Waals surface area contributed by atoms with E-state index in [-0.39, 0.29) is 0 Å². The summed E-state index contributed by atoms with van der Waals surface area (Å²) >= 11 is 0. The van der Waals surface area contributed by atoms with Gasteiger partial charge in [-0.1, -0.05) is 6.92 Å². The van der Waals surface area contributed by atoms with Crippen LogP contribution in [0.3, 0.4) is 0 Å². The lowest BCUT2D eigenvalue weighted by Crippen LogP contribution is -2.66. The maximum Gasteiger partial charge on any atom is 0.0458 e. The second kappa shape index (κ2) is 2.76. The second-order valence-electron chi connectivity index (χ2n) is 3.92. The van der Waals surface area contributed by atoms with Crippen LogP contribution >= 0.6 is 0 Å². The van der Waals surface area contributed by atoms with Gasteiger partial charge in [0.05, 0.1) is 0 Å². The maximum absolute atomic E-state index is 3.39. The van der Waals surface area contributed by atoms with Crippen molar-refractivity contribution in [3.05, 3.63) is 0 Å². The van der Waals surface area contributed by atoms with Gasteiger partial charge in [-0.15, -0.1) is 0 Å². The van der Waals surface area contributed by atoms with E-state index in [4.69, 9.17) is 0 Å². The highest BCUT2D eigenvalue weighted by Gasteiger charge is 2.44. The quantitative estimate of drug-likeness (QED) is 0.634. The number of hydrogen-bond donors (Lipinski definition) is 1. The Kier molecular flexibility index (Phi) is 1.90. The third-order valence-corrected chi connectivity index (χ3v) is 3.14. The van der Waals surface area contributed by atoms with Crippen LogP contribution in [0.5, 0.6) is 0 Å². The molecule has 2 heteroatoms. The van der Waals surface area contributed by atoms with Crippen molar-refractivity contribution in [1.29, 1.82) is 0 Å². The molecule has 0 aromatic rings. The Balaban J connectivity index is 1.96. The minimum Gasteiger partial charge on any atom is -0.313 e. The van der Waals surface area contributed by atoms with Crippen molar-refractivity contribution in [2.24, 2.45) is 0 Å². The summed E-state index contributed by atoms with van der Waals surface area (Å²) in [4.78, 5) is 2.68. The molecule has 0 aromatic heterocycles. The standard InChI is InChI=1S/C9H18N2/c1-2-5-11-6-3-4-9(11)7-10-8-9/h10H,2-8H2,1H3. The lowest BCUT2D eigenvalue weighted by Gasteiger charge is -2.46. The number of hydrogen-bond acceptors (Lipinski definition) is 2. The molecule has 0 aromatic carbocycles. The van der Waals surface area contributed by atoms with Gasteiger partial charge in [-0.25, -0.2) is 0 Å². The number of rotatable bonds is 2. The predicted octanol–water partition coefficient (Wildman–Crippen LogP) is 0.834. The number of nitrogens with one attached hydrogen (secondary N) is 1. The smallest absolute Gasteiger partial charge is 0.0458 e. The van der Waals surface area contributed by atoms with Crippen molar-refractivity contribution in [3.8, 4) is 0 Å². The zero-order valence-corrected chi connectivity index (χ0v) is 7.40. The van der Waals surface area contributed by atoms with Crippen LogP contribution in [0.15, 0.2) is 0 Å². The van der Waals surface area contributed by atoms with Crippen molar-refractivity contribution in [1.82, 2.24) is 10.2 Å². The lowest BCUT2D eigenvalue weighted by molar-refractivity contribution is 0.0795. The Morgan fingerprint density at radius 3 is 2.82 bits per heavy atom. The van der Waals surface area contributed by atoms with Gasteiger partial charge in [0.2, 0.25) is 0 Å². The molecule has 0 radical (unpaired) electrons. The van der Waals surface area contributed by atoms with E-state index in [0.717, 1.165) is 0 Å². The molecule has 2 aliphatic heterocycles. The van der Waals surface area contributed by atoms with Crippen LogP contribution in [0, 0.1) is 0 Å². The van der Waals surface area contributed by atoms with Crippen molar-refractivity contribution in [2.75, 3.05) is 26.2 Å². The zero-order valence-electron chi connectivity index (χ0n) is 7.40. The highest BCUT2D eigenvalue weighted by atomic mass is 15.3. The minimum atomic E-state index is 0.607. The zero-order chi connectivity index (χ0) is 7.73. The summed E-state index contributed by atoms with van der Waals surface area (Å²) in [7, 11) is 0. The Morgan fingerprint density at radius 1 is 1.45 bits per heavy atom. The van der Waals surface area contributed by atoms with Gasteiger partial charge >= 0.3 is 0 Å². The van der Waals surface area contributed by atoms with Gasteiger partial charge in [0.15, 0.2) is 0 Å². The predicted molar refractivity (Wildman–Crippen MR) is 46.7 cm³/mol. The van der Waals surface area contributed by atoms with Gasteiger partial charge in [-0.05, 0) is 32.4 Å². The molecule has 0 bridgehead atoms. The molecule has 2 aliphatic rings. The Bertz CT molecular complexity index is 140. The Labute approximate surface area is 69.0 Å². The highest BCUT2D eigenvalue weighted by Crippen LogP contribution is 2.32. The molecular weight excluding hydrogens is 136 g/mol. The highest BCUT2D eigenvalue weighted by molar-refractivity contribution is 5.05. The fraction of sp³-hybridized carbons (Fsp3) is 1.00. The molecule has 1 N–H and O–H groups in total. The van der Waals surface area contributed by atoms with Crippen LogP contribution < -0.4 is 5.32 Å². The molecule has 2 rings (SSSR count). The van der Waals surface area contributed by atoms with Crippen LogP contribution in [0.1, 0.15) is 26.2 Å². The third-order valence-electron chi connectivity index (χ3n) is 3.14. The van der Waals surface area contributed by atoms with Gasteiger partial charge < -0.3 is 5.32 Å². The molecule has 64 valence electrons. The van der Waals surface area contributed by atoms with Gasteiger partial charge in [0.1, 0.15) is 0 Å². The summed E-state index contributed by atoms with van der Waals surface area (Å²) in [6.45, 7) is 7.41. The fourth-order valence-electron chi connectivity index (χ4n) is 2.43. The van der Waals surface area contributed by atoms with Crippen molar-refractivity contribution in [3.63, 3.8) is 0 Å². The molecule has 0 unspecified atom stereocenters. The summed E-state index contributed by atoms with van der Waals surface area (Å²) in [5.41, 5.74) is 0.607. The normalized spacial score (nSPS) is 29.2. The van der Waals surface area contributed by atoms with Crippen LogP contribution in [-0.2, 0) is 0 Å². The largest absolute Gasteiger partial charge is 0.313 e. The summed E-state index contributed by atoms with van der Waals surface area (Å²) in [5, 5.41) is 3.39. The molecule has 2 nitrogen and oxygen atoms in total. The summed E-state index contributed by atoms with van der Waals surface area (Å²) < 4.78 is 0. The summed E-state index contributed by atoms with van der Waals surface area (Å²) in [6, 6.07) is 0. The first-order valence-corrected chi connectivity index (χ1v) is 4.83. The molecule has 0 atom stereocenters. The molecule has 0 saturated carbocycles. The number of nitrogens with zero attached hydrogens (tertiary/aromatic N) is 1. The first-order chi connectivity index (χ1) is 5.37. The first-order valence-electron chi connectivity index (χ1n) is 4.83. The van der Waals surface area contributed by atoms with Gasteiger partial charge in [0, 0.05) is 18.6 Å². The lowest BCUT2D eigenvalue weighted by atomic mass is 9.89. The molecule has 0 aliphatic carbocycles. The average molecular weight is 154 g/mol. The van der Waals surface area contributed by atoms with E-state index in [1.54, 1.807) is 0 Å². The minimum absolute atomic E-state index is 0.607. The molecule has 1 spiro atoms. The van der Waals surface area contributed by atoms with E-state index in [1.165, 1.54) is 45.4 Å². The van der Waals surface area contributed by atoms with E-state index in [9.17, 15) is 0 Å². The van der Waals surface area contributed by atoms with E-state index in [2.05, 4.69) is 17.1 Å². The molecular formula is C9H18N2. The molecule has 2 saturated heterocycles. The van der Waals surface area contributed by atoms with Gasteiger partial charge in [-0.3, -0.25) is 4.90 Å². The van der Waals surface area contributed by atoms with Crippen molar-refractivity contribution >= 4 is 0 Å². The van der Waals surface area contributed by atoms with Gasteiger partial charge in [0.25, 0.3) is 0 Å². The SMILES string of the molecule is CCCN1CCCC12CNC2. The summed E-state index contributed by atoms with van der Waals surface area (Å²) in [5.74, 6) is 0. The molecule has 0 amide bonds. The Morgan fingerprint density at radius 2 is 2.27 bits per heavy atom. The van der Waals surface area contributed by atoms with Gasteiger partial charge in [-0.2, -0.15) is 0 Å². The van der Waals surface area contributed by atoms with Crippen LogP contribution in [0.25, 0.3) is 0 Å². The summed E-state index contributed by atoms with van der Waals surface area (Å²) in [6.07, 6.45) is 4.16. The van der Waals surface area contributed by atoms with E-state index in [1.807, 2.05) is 0 Å². The molecule has 2 heterocycles. The third kappa shape index (κ3) is 1.09. The molecule has 2 fully saturated rings.